The molecule has 2 rings (SSSR count). The second-order valence-corrected chi connectivity index (χ2v) is 4.16. The molecule has 7 heteroatoms. The van der Waals surface area contributed by atoms with E-state index in [9.17, 15) is 18.0 Å². The van der Waals surface area contributed by atoms with Crippen molar-refractivity contribution >= 4 is 17.3 Å². The number of anilines is 2. The van der Waals surface area contributed by atoms with Gasteiger partial charge in [-0.1, -0.05) is 0 Å². The summed E-state index contributed by atoms with van der Waals surface area (Å²) in [5, 5.41) is 5.27. The highest BCUT2D eigenvalue weighted by Gasteiger charge is 2.15. The minimum Gasteiger partial charge on any atom is -0.385 e. The van der Waals surface area contributed by atoms with E-state index in [2.05, 4.69) is 15.6 Å². The highest BCUT2D eigenvalue weighted by atomic mass is 19.2. The molecule has 0 aliphatic carbocycles. The molecule has 1 amide bonds. The van der Waals surface area contributed by atoms with Gasteiger partial charge in [0.25, 0.3) is 5.91 Å². The number of carbonyl (C=O) groups excluding carboxylic acids is 1. The molecule has 0 fully saturated rings. The molecule has 0 bridgehead atoms. The van der Waals surface area contributed by atoms with Crippen LogP contribution in [0.2, 0.25) is 0 Å². The van der Waals surface area contributed by atoms with E-state index in [4.69, 9.17) is 0 Å². The Morgan fingerprint density at radius 1 is 1.24 bits per heavy atom. The van der Waals surface area contributed by atoms with Crippen LogP contribution in [0, 0.1) is 17.5 Å². The zero-order chi connectivity index (χ0) is 15.4. The lowest BCUT2D eigenvalue weighted by molar-refractivity contribution is 0.102. The van der Waals surface area contributed by atoms with Crippen molar-refractivity contribution in [3.05, 3.63) is 53.6 Å². The van der Waals surface area contributed by atoms with Crippen LogP contribution >= 0.6 is 0 Å². The molecular weight excluding hydrogens is 283 g/mol. The lowest BCUT2D eigenvalue weighted by atomic mass is 10.2. The Labute approximate surface area is 119 Å². The van der Waals surface area contributed by atoms with Crippen molar-refractivity contribution in [3.63, 3.8) is 0 Å². The standard InChI is InChI=1S/C14H12F3N3O/c1-2-19-12-3-4-18-7-9(12)14(21)20-8-5-10(15)13(17)11(16)6-8/h3-7H,2H2,1H3,(H,18,19)(H,20,21). The Morgan fingerprint density at radius 3 is 2.52 bits per heavy atom. The van der Waals surface area contributed by atoms with Crippen molar-refractivity contribution in [2.75, 3.05) is 17.2 Å². The van der Waals surface area contributed by atoms with Crippen molar-refractivity contribution < 1.29 is 18.0 Å². The maximum absolute atomic E-state index is 13.1. The van der Waals surface area contributed by atoms with Crippen LogP contribution in [-0.2, 0) is 0 Å². The average Bonchev–Trinajstić information content (AvgIpc) is 2.45. The smallest absolute Gasteiger partial charge is 0.259 e. The Bertz CT molecular complexity index is 653. The molecule has 21 heavy (non-hydrogen) atoms. The number of carbonyl (C=O) groups is 1. The molecular formula is C14H12F3N3O. The summed E-state index contributed by atoms with van der Waals surface area (Å²) in [4.78, 5) is 15.9. The maximum Gasteiger partial charge on any atom is 0.259 e. The second-order valence-electron chi connectivity index (χ2n) is 4.16. The molecule has 0 saturated heterocycles. The number of benzene rings is 1. The number of amides is 1. The van der Waals surface area contributed by atoms with Crippen LogP contribution in [-0.4, -0.2) is 17.4 Å². The van der Waals surface area contributed by atoms with Gasteiger partial charge < -0.3 is 10.6 Å². The third-order valence-corrected chi connectivity index (χ3v) is 2.67. The van der Waals surface area contributed by atoms with Gasteiger partial charge in [0.15, 0.2) is 17.5 Å². The monoisotopic (exact) mass is 295 g/mol. The van der Waals surface area contributed by atoms with E-state index < -0.39 is 23.4 Å². The minimum atomic E-state index is -1.58. The largest absolute Gasteiger partial charge is 0.385 e. The minimum absolute atomic E-state index is 0.178. The van der Waals surface area contributed by atoms with Crippen molar-refractivity contribution in [2.24, 2.45) is 0 Å². The van der Waals surface area contributed by atoms with Crippen molar-refractivity contribution in [2.45, 2.75) is 6.92 Å². The number of halogens is 3. The van der Waals surface area contributed by atoms with Crippen LogP contribution in [0.4, 0.5) is 24.5 Å². The third-order valence-electron chi connectivity index (χ3n) is 2.67. The molecule has 0 aliphatic heterocycles. The van der Waals surface area contributed by atoms with Crippen LogP contribution in [0.15, 0.2) is 30.6 Å². The fourth-order valence-corrected chi connectivity index (χ4v) is 1.75. The molecule has 0 atom stereocenters. The number of nitrogens with one attached hydrogen (secondary N) is 2. The lowest BCUT2D eigenvalue weighted by Gasteiger charge is -2.10. The van der Waals surface area contributed by atoms with Crippen molar-refractivity contribution in [1.29, 1.82) is 0 Å². The van der Waals surface area contributed by atoms with Gasteiger partial charge in [-0.2, -0.15) is 0 Å². The van der Waals surface area contributed by atoms with Gasteiger partial charge in [0, 0.05) is 36.8 Å². The Balaban J connectivity index is 2.26. The fraction of sp³-hybridized carbons (Fsp3) is 0.143. The molecule has 1 aromatic heterocycles. The summed E-state index contributed by atoms with van der Waals surface area (Å²) in [6, 6.07) is 3.02. The van der Waals surface area contributed by atoms with E-state index in [0.29, 0.717) is 24.4 Å². The predicted octanol–water partition coefficient (Wildman–Crippen LogP) is 3.18. The number of hydrogen-bond donors (Lipinski definition) is 2. The van der Waals surface area contributed by atoms with Crippen LogP contribution in [0.25, 0.3) is 0 Å². The van der Waals surface area contributed by atoms with Gasteiger partial charge in [-0.25, -0.2) is 13.2 Å². The van der Waals surface area contributed by atoms with E-state index in [1.807, 2.05) is 6.92 Å². The van der Waals surface area contributed by atoms with Crippen LogP contribution in [0.1, 0.15) is 17.3 Å². The second kappa shape index (κ2) is 6.25. The Kier molecular flexibility index (Phi) is 4.42. The van der Waals surface area contributed by atoms with Crippen LogP contribution in [0.3, 0.4) is 0 Å². The summed E-state index contributed by atoms with van der Waals surface area (Å²) in [5.74, 6) is -4.93. The number of pyridine rings is 1. The number of rotatable bonds is 4. The highest BCUT2D eigenvalue weighted by molar-refractivity contribution is 6.07. The summed E-state index contributed by atoms with van der Waals surface area (Å²) in [5.41, 5.74) is 0.570. The molecule has 4 nitrogen and oxygen atoms in total. The Hall–Kier alpha value is -2.57. The first-order chi connectivity index (χ1) is 10.0. The van der Waals surface area contributed by atoms with Gasteiger partial charge in [0.2, 0.25) is 0 Å². The van der Waals surface area contributed by atoms with Crippen LogP contribution in [0.5, 0.6) is 0 Å². The summed E-state index contributed by atoms with van der Waals surface area (Å²) < 4.78 is 39.1. The first kappa shape index (κ1) is 14.8. The van der Waals surface area contributed by atoms with E-state index >= 15 is 0 Å². The molecule has 2 N–H and O–H groups in total. The van der Waals surface area contributed by atoms with E-state index in [1.54, 1.807) is 6.07 Å². The summed E-state index contributed by atoms with van der Waals surface area (Å²) >= 11 is 0. The zero-order valence-corrected chi connectivity index (χ0v) is 11.1. The number of nitrogens with zero attached hydrogens (tertiary/aromatic N) is 1. The van der Waals surface area contributed by atoms with Gasteiger partial charge in [0.05, 0.1) is 11.3 Å². The SMILES string of the molecule is CCNc1ccncc1C(=O)Nc1cc(F)c(F)c(F)c1. The third kappa shape index (κ3) is 3.31. The van der Waals surface area contributed by atoms with E-state index in [0.717, 1.165) is 0 Å². The zero-order valence-electron chi connectivity index (χ0n) is 11.1. The summed E-state index contributed by atoms with van der Waals surface area (Å²) in [6.07, 6.45) is 2.83. The maximum atomic E-state index is 13.1. The predicted molar refractivity (Wildman–Crippen MR) is 72.7 cm³/mol. The number of aromatic nitrogens is 1. The first-order valence-corrected chi connectivity index (χ1v) is 6.16. The lowest BCUT2D eigenvalue weighted by Crippen LogP contribution is -2.15. The molecule has 0 spiro atoms. The number of hydrogen-bond acceptors (Lipinski definition) is 3. The molecule has 110 valence electrons. The van der Waals surface area contributed by atoms with Crippen LogP contribution < -0.4 is 10.6 Å². The molecule has 0 radical (unpaired) electrons. The molecule has 0 unspecified atom stereocenters. The Morgan fingerprint density at radius 2 is 1.90 bits per heavy atom. The molecule has 0 aliphatic rings. The van der Waals surface area contributed by atoms with E-state index in [-0.39, 0.29) is 11.3 Å². The summed E-state index contributed by atoms with van der Waals surface area (Å²) in [6.45, 7) is 2.44. The highest BCUT2D eigenvalue weighted by Crippen LogP contribution is 2.20. The first-order valence-electron chi connectivity index (χ1n) is 6.16. The summed E-state index contributed by atoms with van der Waals surface area (Å²) in [7, 11) is 0. The van der Waals surface area contributed by atoms with Gasteiger partial charge in [-0.3, -0.25) is 9.78 Å². The molecule has 0 saturated carbocycles. The average molecular weight is 295 g/mol. The van der Waals surface area contributed by atoms with Gasteiger partial charge >= 0.3 is 0 Å². The van der Waals surface area contributed by atoms with Gasteiger partial charge in [-0.15, -0.1) is 0 Å². The molecule has 2 aromatic rings. The quantitative estimate of drug-likeness (QED) is 0.852. The fourth-order valence-electron chi connectivity index (χ4n) is 1.75. The van der Waals surface area contributed by atoms with E-state index in [1.165, 1.54) is 12.4 Å². The molecule has 1 heterocycles. The topological polar surface area (TPSA) is 54.0 Å². The van der Waals surface area contributed by atoms with Gasteiger partial charge in [-0.05, 0) is 13.0 Å². The normalized spacial score (nSPS) is 10.3. The van der Waals surface area contributed by atoms with Crippen molar-refractivity contribution in [1.82, 2.24) is 4.98 Å². The molecule has 1 aromatic carbocycles. The van der Waals surface area contributed by atoms with Crippen molar-refractivity contribution in [3.8, 4) is 0 Å². The van der Waals surface area contributed by atoms with Gasteiger partial charge in [0.1, 0.15) is 0 Å².